The van der Waals surface area contributed by atoms with E-state index in [4.69, 9.17) is 4.98 Å². The molecule has 1 aromatic rings. The summed E-state index contributed by atoms with van der Waals surface area (Å²) >= 11 is 1.89. The number of aryl methyl sites for hydroxylation is 2. The summed E-state index contributed by atoms with van der Waals surface area (Å²) in [5.74, 6) is 0. The van der Waals surface area contributed by atoms with Gasteiger partial charge in [0.2, 0.25) is 0 Å². The van der Waals surface area contributed by atoms with Crippen molar-refractivity contribution < 1.29 is 5.11 Å². The van der Waals surface area contributed by atoms with Crippen molar-refractivity contribution in [2.75, 3.05) is 13.6 Å². The zero-order chi connectivity index (χ0) is 14.0. The summed E-state index contributed by atoms with van der Waals surface area (Å²) in [6.45, 7) is 1.68. The molecule has 2 aliphatic rings. The Bertz CT molecular complexity index is 428. The molecule has 2 aliphatic carbocycles. The van der Waals surface area contributed by atoms with Crippen LogP contribution in [0.2, 0.25) is 0 Å². The predicted molar refractivity (Wildman–Crippen MR) is 83.1 cm³/mol. The van der Waals surface area contributed by atoms with Crippen LogP contribution in [0.3, 0.4) is 0 Å². The lowest BCUT2D eigenvalue weighted by Gasteiger charge is -2.35. The molecule has 20 heavy (non-hydrogen) atoms. The van der Waals surface area contributed by atoms with Crippen LogP contribution in [0, 0.1) is 0 Å². The van der Waals surface area contributed by atoms with Crippen LogP contribution >= 0.6 is 11.3 Å². The number of aliphatic hydroxyl groups is 1. The maximum Gasteiger partial charge on any atom is 0.107 e. The predicted octanol–water partition coefficient (Wildman–Crippen LogP) is 3.15. The van der Waals surface area contributed by atoms with Gasteiger partial charge in [-0.15, -0.1) is 11.3 Å². The molecular weight excluding hydrogens is 268 g/mol. The van der Waals surface area contributed by atoms with Gasteiger partial charge in [-0.05, 0) is 45.6 Å². The minimum Gasteiger partial charge on any atom is -0.389 e. The first-order chi connectivity index (χ1) is 9.65. The highest BCUT2D eigenvalue weighted by atomic mass is 32.1. The van der Waals surface area contributed by atoms with E-state index in [1.165, 1.54) is 60.5 Å². The number of likely N-dealkylation sites (N-methyl/N-ethyl adjacent to an activating group) is 1. The smallest absolute Gasteiger partial charge is 0.107 e. The van der Waals surface area contributed by atoms with Crippen molar-refractivity contribution >= 4 is 11.3 Å². The van der Waals surface area contributed by atoms with E-state index < -0.39 is 5.60 Å². The molecular formula is C16H26N2OS. The van der Waals surface area contributed by atoms with Gasteiger partial charge in [0.15, 0.2) is 0 Å². The van der Waals surface area contributed by atoms with E-state index in [-0.39, 0.29) is 0 Å². The standard InChI is InChI=1S/C16H26N2OS/c1-18(12-16(19)9-5-2-6-10-16)11-15-17-13-7-3-4-8-14(13)20-15/h19H,2-12H2,1H3. The highest BCUT2D eigenvalue weighted by molar-refractivity contribution is 7.11. The van der Waals surface area contributed by atoms with Crippen LogP contribution in [0.15, 0.2) is 0 Å². The van der Waals surface area contributed by atoms with Gasteiger partial charge in [-0.2, -0.15) is 0 Å². The van der Waals surface area contributed by atoms with E-state index in [0.29, 0.717) is 0 Å². The summed E-state index contributed by atoms with van der Waals surface area (Å²) in [6, 6.07) is 0. The maximum atomic E-state index is 10.6. The largest absolute Gasteiger partial charge is 0.389 e. The van der Waals surface area contributed by atoms with Gasteiger partial charge in [0.25, 0.3) is 0 Å². The first-order valence-electron chi connectivity index (χ1n) is 8.03. The zero-order valence-corrected chi connectivity index (χ0v) is 13.3. The van der Waals surface area contributed by atoms with Crippen LogP contribution < -0.4 is 0 Å². The van der Waals surface area contributed by atoms with E-state index in [1.54, 1.807) is 0 Å². The molecule has 3 nitrogen and oxygen atoms in total. The van der Waals surface area contributed by atoms with Crippen molar-refractivity contribution in [3.05, 3.63) is 15.6 Å². The number of hydrogen-bond acceptors (Lipinski definition) is 4. The molecule has 1 saturated carbocycles. The van der Waals surface area contributed by atoms with Crippen molar-refractivity contribution in [3.63, 3.8) is 0 Å². The van der Waals surface area contributed by atoms with Crippen molar-refractivity contribution in [1.29, 1.82) is 0 Å². The molecule has 1 heterocycles. The lowest BCUT2D eigenvalue weighted by Crippen LogP contribution is -2.42. The highest BCUT2D eigenvalue weighted by Gasteiger charge is 2.30. The third-order valence-corrected chi connectivity index (χ3v) is 5.79. The Labute approximate surface area is 126 Å². The molecule has 1 N–H and O–H groups in total. The van der Waals surface area contributed by atoms with Gasteiger partial charge >= 0.3 is 0 Å². The van der Waals surface area contributed by atoms with E-state index in [9.17, 15) is 5.11 Å². The molecule has 0 bridgehead atoms. The van der Waals surface area contributed by atoms with Gasteiger partial charge in [0.1, 0.15) is 5.01 Å². The lowest BCUT2D eigenvalue weighted by atomic mass is 9.84. The third kappa shape index (κ3) is 3.41. The number of fused-ring (bicyclic) bond motifs is 1. The first-order valence-corrected chi connectivity index (χ1v) is 8.85. The third-order valence-electron chi connectivity index (χ3n) is 4.64. The van der Waals surface area contributed by atoms with Crippen molar-refractivity contribution in [3.8, 4) is 0 Å². The molecule has 0 atom stereocenters. The molecule has 0 amide bonds. The number of thiazole rings is 1. The summed E-state index contributed by atoms with van der Waals surface area (Å²) in [6.07, 6.45) is 10.6. The van der Waals surface area contributed by atoms with Crippen LogP contribution in [0.5, 0.6) is 0 Å². The number of aromatic nitrogens is 1. The Kier molecular flexibility index (Phi) is 4.43. The van der Waals surface area contributed by atoms with Gasteiger partial charge in [-0.3, -0.25) is 4.90 Å². The van der Waals surface area contributed by atoms with Gasteiger partial charge in [0, 0.05) is 11.4 Å². The second-order valence-corrected chi connectivity index (χ2v) is 7.81. The van der Waals surface area contributed by atoms with Crippen LogP contribution in [0.1, 0.15) is 60.5 Å². The topological polar surface area (TPSA) is 36.4 Å². The van der Waals surface area contributed by atoms with Gasteiger partial charge in [-0.25, -0.2) is 4.98 Å². The Balaban J connectivity index is 1.58. The summed E-state index contributed by atoms with van der Waals surface area (Å²) in [5, 5.41) is 11.9. The Hall–Kier alpha value is -0.450. The Morgan fingerprint density at radius 2 is 1.90 bits per heavy atom. The normalized spacial score (nSPS) is 21.9. The average Bonchev–Trinajstić information content (AvgIpc) is 2.80. The van der Waals surface area contributed by atoms with Gasteiger partial charge < -0.3 is 5.11 Å². The monoisotopic (exact) mass is 294 g/mol. The average molecular weight is 294 g/mol. The van der Waals surface area contributed by atoms with E-state index in [2.05, 4.69) is 11.9 Å². The van der Waals surface area contributed by atoms with Crippen LogP contribution in [-0.2, 0) is 19.4 Å². The molecule has 1 aromatic heterocycles. The molecule has 0 aliphatic heterocycles. The number of nitrogens with zero attached hydrogens (tertiary/aromatic N) is 2. The second kappa shape index (κ2) is 6.12. The molecule has 4 heteroatoms. The fourth-order valence-corrected chi connectivity index (χ4v) is 4.87. The SMILES string of the molecule is CN(Cc1nc2c(s1)CCCC2)CC1(O)CCCCC1. The summed E-state index contributed by atoms with van der Waals surface area (Å²) in [4.78, 5) is 8.57. The molecule has 0 spiro atoms. The van der Waals surface area contributed by atoms with E-state index in [0.717, 1.165) is 25.9 Å². The fourth-order valence-electron chi connectivity index (χ4n) is 3.63. The fraction of sp³-hybridized carbons (Fsp3) is 0.812. The molecule has 112 valence electrons. The number of hydrogen-bond donors (Lipinski definition) is 1. The maximum absolute atomic E-state index is 10.6. The van der Waals surface area contributed by atoms with Gasteiger partial charge in [-0.1, -0.05) is 19.3 Å². The van der Waals surface area contributed by atoms with Crippen LogP contribution in [0.25, 0.3) is 0 Å². The highest BCUT2D eigenvalue weighted by Crippen LogP contribution is 2.30. The van der Waals surface area contributed by atoms with E-state index >= 15 is 0 Å². The number of rotatable bonds is 4. The van der Waals surface area contributed by atoms with Crippen LogP contribution in [0.4, 0.5) is 0 Å². The Morgan fingerprint density at radius 1 is 1.15 bits per heavy atom. The van der Waals surface area contributed by atoms with Crippen LogP contribution in [-0.4, -0.2) is 34.2 Å². The summed E-state index contributed by atoms with van der Waals surface area (Å²) in [5.41, 5.74) is 0.894. The molecule has 0 saturated heterocycles. The summed E-state index contributed by atoms with van der Waals surface area (Å²) in [7, 11) is 2.12. The van der Waals surface area contributed by atoms with Gasteiger partial charge in [0.05, 0.1) is 17.8 Å². The second-order valence-electron chi connectivity index (χ2n) is 6.64. The quantitative estimate of drug-likeness (QED) is 0.927. The lowest BCUT2D eigenvalue weighted by molar-refractivity contribution is -0.0223. The molecule has 0 unspecified atom stereocenters. The minimum absolute atomic E-state index is 0.454. The minimum atomic E-state index is -0.454. The van der Waals surface area contributed by atoms with Crippen molar-refractivity contribution in [2.24, 2.45) is 0 Å². The molecule has 0 aromatic carbocycles. The van der Waals surface area contributed by atoms with E-state index in [1.807, 2.05) is 11.3 Å². The molecule has 1 fully saturated rings. The first kappa shape index (κ1) is 14.5. The molecule has 0 radical (unpaired) electrons. The van der Waals surface area contributed by atoms with Crippen molar-refractivity contribution in [2.45, 2.75) is 69.9 Å². The Morgan fingerprint density at radius 3 is 2.65 bits per heavy atom. The molecule has 3 rings (SSSR count). The summed E-state index contributed by atoms with van der Waals surface area (Å²) < 4.78 is 0. The van der Waals surface area contributed by atoms with Crippen molar-refractivity contribution in [1.82, 2.24) is 9.88 Å². The zero-order valence-electron chi connectivity index (χ0n) is 12.5.